The summed E-state index contributed by atoms with van der Waals surface area (Å²) in [6.45, 7) is 2.20. The van der Waals surface area contributed by atoms with Crippen LogP contribution >= 0.6 is 0 Å². The lowest BCUT2D eigenvalue weighted by atomic mass is 10.1. The Hall–Kier alpha value is -3.80. The zero-order chi connectivity index (χ0) is 19.1. The molecule has 3 aromatic carbocycles. The van der Waals surface area contributed by atoms with Crippen LogP contribution in [0.4, 0.5) is 5.69 Å². The summed E-state index contributed by atoms with van der Waals surface area (Å²) in [5, 5.41) is 2.88. The Labute approximate surface area is 160 Å². The highest BCUT2D eigenvalue weighted by Gasteiger charge is 2.17. The van der Waals surface area contributed by atoms with Crippen LogP contribution in [0, 0.1) is 6.92 Å². The van der Waals surface area contributed by atoms with E-state index in [1.54, 1.807) is 36.4 Å². The molecule has 0 saturated carbocycles. The molecule has 0 saturated heterocycles. The quantitative estimate of drug-likeness (QED) is 0.560. The maximum absolute atomic E-state index is 12.6. The molecule has 1 aliphatic heterocycles. The molecule has 0 atom stereocenters. The van der Waals surface area contributed by atoms with E-state index >= 15 is 0 Å². The molecule has 0 radical (unpaired) electrons. The number of anilines is 1. The summed E-state index contributed by atoms with van der Waals surface area (Å²) in [5.41, 5.74) is 4.53. The van der Waals surface area contributed by atoms with Crippen LogP contribution in [0.2, 0.25) is 0 Å². The first-order chi connectivity index (χ1) is 13.7. The van der Waals surface area contributed by atoms with Gasteiger partial charge in [-0.2, -0.15) is 0 Å². The van der Waals surface area contributed by atoms with Crippen LogP contribution in [0.25, 0.3) is 22.6 Å². The molecule has 0 fully saturated rings. The maximum atomic E-state index is 12.6. The van der Waals surface area contributed by atoms with Gasteiger partial charge in [0.1, 0.15) is 5.52 Å². The minimum atomic E-state index is -0.236. The number of carbonyl (C=O) groups excluding carboxylic acids is 1. The fraction of sp³-hybridized carbons (Fsp3) is 0.0909. The van der Waals surface area contributed by atoms with Crippen molar-refractivity contribution in [3.63, 3.8) is 0 Å². The summed E-state index contributed by atoms with van der Waals surface area (Å²) in [6, 6.07) is 18.5. The van der Waals surface area contributed by atoms with E-state index in [0.717, 1.165) is 11.1 Å². The van der Waals surface area contributed by atoms with E-state index in [1.807, 2.05) is 31.2 Å². The summed E-state index contributed by atoms with van der Waals surface area (Å²) in [5.74, 6) is 1.53. The second kappa shape index (κ2) is 6.42. The van der Waals surface area contributed by atoms with Crippen molar-refractivity contribution in [1.82, 2.24) is 4.98 Å². The van der Waals surface area contributed by atoms with Gasteiger partial charge in [-0.1, -0.05) is 17.7 Å². The van der Waals surface area contributed by atoms with Crippen molar-refractivity contribution in [3.8, 4) is 23.0 Å². The number of rotatable bonds is 3. The molecule has 1 amide bonds. The highest BCUT2D eigenvalue weighted by Crippen LogP contribution is 2.33. The first-order valence-electron chi connectivity index (χ1n) is 8.84. The molecule has 28 heavy (non-hydrogen) atoms. The number of hydrogen-bond donors (Lipinski definition) is 1. The zero-order valence-corrected chi connectivity index (χ0v) is 15.1. The van der Waals surface area contributed by atoms with Crippen molar-refractivity contribution in [3.05, 3.63) is 71.8 Å². The van der Waals surface area contributed by atoms with Crippen molar-refractivity contribution in [2.24, 2.45) is 0 Å². The monoisotopic (exact) mass is 372 g/mol. The summed E-state index contributed by atoms with van der Waals surface area (Å²) >= 11 is 0. The number of ether oxygens (including phenoxy) is 2. The Morgan fingerprint density at radius 3 is 2.79 bits per heavy atom. The molecule has 0 spiro atoms. The Morgan fingerprint density at radius 2 is 1.89 bits per heavy atom. The second-order valence-electron chi connectivity index (χ2n) is 6.59. The third-order valence-electron chi connectivity index (χ3n) is 4.55. The molecule has 0 bridgehead atoms. The Bertz CT molecular complexity index is 1210. The first kappa shape index (κ1) is 16.4. The first-order valence-corrected chi connectivity index (χ1v) is 8.84. The summed E-state index contributed by atoms with van der Waals surface area (Å²) in [4.78, 5) is 17.1. The zero-order valence-electron chi connectivity index (χ0n) is 15.1. The van der Waals surface area contributed by atoms with Crippen molar-refractivity contribution in [2.75, 3.05) is 12.1 Å². The van der Waals surface area contributed by atoms with Gasteiger partial charge in [0, 0.05) is 16.8 Å². The maximum Gasteiger partial charge on any atom is 0.255 e. The SMILES string of the molecule is Cc1cccc(-c2nc3cc(NC(=O)c4ccc5c(c4)OCO5)ccc3o2)c1. The second-order valence-corrected chi connectivity index (χ2v) is 6.59. The van der Waals surface area contributed by atoms with Crippen LogP contribution in [0.3, 0.4) is 0 Å². The van der Waals surface area contributed by atoms with Crippen LogP contribution < -0.4 is 14.8 Å². The highest BCUT2D eigenvalue weighted by molar-refractivity contribution is 6.05. The molecule has 4 aromatic rings. The van der Waals surface area contributed by atoms with Crippen molar-refractivity contribution in [2.45, 2.75) is 6.92 Å². The topological polar surface area (TPSA) is 73.6 Å². The van der Waals surface area contributed by atoms with Crippen molar-refractivity contribution < 1.29 is 18.7 Å². The van der Waals surface area contributed by atoms with Gasteiger partial charge in [0.15, 0.2) is 17.1 Å². The van der Waals surface area contributed by atoms with Gasteiger partial charge < -0.3 is 19.2 Å². The molecular weight excluding hydrogens is 356 g/mol. The molecule has 0 aliphatic carbocycles. The molecule has 5 rings (SSSR count). The lowest BCUT2D eigenvalue weighted by molar-refractivity contribution is 0.102. The van der Waals surface area contributed by atoms with E-state index in [-0.39, 0.29) is 12.7 Å². The van der Waals surface area contributed by atoms with Crippen LogP contribution in [-0.4, -0.2) is 17.7 Å². The third-order valence-corrected chi connectivity index (χ3v) is 4.55. The van der Waals surface area contributed by atoms with Crippen LogP contribution in [0.15, 0.2) is 65.1 Å². The van der Waals surface area contributed by atoms with Crippen molar-refractivity contribution in [1.29, 1.82) is 0 Å². The summed E-state index contributed by atoms with van der Waals surface area (Å²) in [7, 11) is 0. The largest absolute Gasteiger partial charge is 0.454 e. The molecule has 138 valence electrons. The molecule has 1 aliphatic rings. The van der Waals surface area contributed by atoms with Gasteiger partial charge in [-0.25, -0.2) is 4.98 Å². The summed E-state index contributed by atoms with van der Waals surface area (Å²) in [6.07, 6.45) is 0. The number of fused-ring (bicyclic) bond motifs is 2. The lowest BCUT2D eigenvalue weighted by Crippen LogP contribution is -2.11. The third kappa shape index (κ3) is 2.95. The minimum absolute atomic E-state index is 0.173. The number of nitrogens with zero attached hydrogens (tertiary/aromatic N) is 1. The van der Waals surface area contributed by atoms with Gasteiger partial charge in [-0.05, 0) is 55.5 Å². The Morgan fingerprint density at radius 1 is 1.00 bits per heavy atom. The van der Waals surface area contributed by atoms with Crippen molar-refractivity contribution >= 4 is 22.7 Å². The van der Waals surface area contributed by atoms with E-state index in [1.165, 1.54) is 0 Å². The number of amides is 1. The molecule has 1 N–H and O–H groups in total. The van der Waals surface area contributed by atoms with Gasteiger partial charge in [0.05, 0.1) is 0 Å². The van der Waals surface area contributed by atoms with E-state index in [4.69, 9.17) is 13.9 Å². The fourth-order valence-corrected chi connectivity index (χ4v) is 3.15. The number of carbonyl (C=O) groups is 1. The predicted octanol–water partition coefficient (Wildman–Crippen LogP) is 4.78. The standard InChI is InChI=1S/C22H16N2O4/c1-13-3-2-4-15(9-13)22-24-17-11-16(6-8-18(17)28-22)23-21(25)14-5-7-19-20(10-14)27-12-26-19/h2-11H,12H2,1H3,(H,23,25). The van der Waals surface area contributed by atoms with Gasteiger partial charge in [-0.3, -0.25) is 4.79 Å². The molecule has 6 heteroatoms. The normalized spacial score (nSPS) is 12.3. The number of nitrogens with one attached hydrogen (secondary N) is 1. The van der Waals surface area contributed by atoms with Gasteiger partial charge in [0.2, 0.25) is 12.7 Å². The number of hydrogen-bond acceptors (Lipinski definition) is 5. The minimum Gasteiger partial charge on any atom is -0.454 e. The average Bonchev–Trinajstić information content (AvgIpc) is 3.33. The fourth-order valence-electron chi connectivity index (χ4n) is 3.15. The lowest BCUT2D eigenvalue weighted by Gasteiger charge is -2.05. The molecule has 0 unspecified atom stereocenters. The van der Waals surface area contributed by atoms with Gasteiger partial charge in [0.25, 0.3) is 5.91 Å². The van der Waals surface area contributed by atoms with E-state index in [0.29, 0.717) is 39.7 Å². The predicted molar refractivity (Wildman–Crippen MR) is 105 cm³/mol. The van der Waals surface area contributed by atoms with Crippen LogP contribution in [-0.2, 0) is 0 Å². The van der Waals surface area contributed by atoms with Gasteiger partial charge in [-0.15, -0.1) is 0 Å². The Balaban J connectivity index is 1.41. The number of oxazole rings is 1. The van der Waals surface area contributed by atoms with E-state index < -0.39 is 0 Å². The average molecular weight is 372 g/mol. The van der Waals surface area contributed by atoms with Gasteiger partial charge >= 0.3 is 0 Å². The molecular formula is C22H16N2O4. The number of aryl methyl sites for hydroxylation is 1. The highest BCUT2D eigenvalue weighted by atomic mass is 16.7. The van der Waals surface area contributed by atoms with E-state index in [2.05, 4.69) is 10.3 Å². The molecule has 6 nitrogen and oxygen atoms in total. The molecule has 1 aromatic heterocycles. The molecule has 2 heterocycles. The van der Waals surface area contributed by atoms with E-state index in [9.17, 15) is 4.79 Å². The Kier molecular flexibility index (Phi) is 3.76. The number of benzene rings is 3. The smallest absolute Gasteiger partial charge is 0.255 e. The van der Waals surface area contributed by atoms with Crippen LogP contribution in [0.1, 0.15) is 15.9 Å². The summed E-state index contributed by atoms with van der Waals surface area (Å²) < 4.78 is 16.4. The number of aromatic nitrogens is 1. The van der Waals surface area contributed by atoms with Crippen LogP contribution in [0.5, 0.6) is 11.5 Å².